The molecule has 0 aliphatic heterocycles. The summed E-state index contributed by atoms with van der Waals surface area (Å²) in [7, 11) is 0. The Morgan fingerprint density at radius 2 is 1.94 bits per heavy atom. The maximum Gasteiger partial charge on any atom is 0.387 e. The molecule has 2 nitrogen and oxygen atoms in total. The van der Waals surface area contributed by atoms with Gasteiger partial charge in [-0.1, -0.05) is 19.1 Å². The highest BCUT2D eigenvalue weighted by molar-refractivity contribution is 5.27. The Balaban J connectivity index is 1.92. The van der Waals surface area contributed by atoms with Gasteiger partial charge in [-0.2, -0.15) is 8.78 Å². The van der Waals surface area contributed by atoms with Gasteiger partial charge in [0.05, 0.1) is 0 Å². The van der Waals surface area contributed by atoms with Gasteiger partial charge in [-0.3, -0.25) is 4.90 Å². The van der Waals surface area contributed by atoms with Crippen LogP contribution in [0.1, 0.15) is 25.3 Å². The van der Waals surface area contributed by atoms with Gasteiger partial charge >= 0.3 is 6.61 Å². The molecule has 0 spiro atoms. The molecule has 2 rings (SSSR count). The van der Waals surface area contributed by atoms with E-state index in [1.54, 1.807) is 12.1 Å². The highest BCUT2D eigenvalue weighted by atomic mass is 19.3. The summed E-state index contributed by atoms with van der Waals surface area (Å²) >= 11 is 0. The smallest absolute Gasteiger partial charge is 0.387 e. The van der Waals surface area contributed by atoms with Crippen molar-refractivity contribution in [3.63, 3.8) is 0 Å². The molecule has 4 heteroatoms. The first kappa shape index (κ1) is 12.3. The van der Waals surface area contributed by atoms with E-state index in [4.69, 9.17) is 0 Å². The zero-order valence-corrected chi connectivity index (χ0v) is 9.90. The molecule has 1 aromatic carbocycles. The maximum absolute atomic E-state index is 12.0. The summed E-state index contributed by atoms with van der Waals surface area (Å²) in [6.07, 6.45) is 2.56. The summed E-state index contributed by atoms with van der Waals surface area (Å²) in [6.45, 7) is 1.31. The molecule has 1 aliphatic rings. The third kappa shape index (κ3) is 3.66. The summed E-state index contributed by atoms with van der Waals surface area (Å²) in [6, 6.07) is 7.62. The van der Waals surface area contributed by atoms with Crippen molar-refractivity contribution in [1.82, 2.24) is 4.90 Å². The first-order valence-corrected chi connectivity index (χ1v) is 5.97. The molecule has 0 heterocycles. The molecule has 17 heavy (non-hydrogen) atoms. The number of nitrogens with zero attached hydrogens (tertiary/aromatic N) is 1. The minimum Gasteiger partial charge on any atom is -0.435 e. The van der Waals surface area contributed by atoms with Crippen molar-refractivity contribution < 1.29 is 13.5 Å². The van der Waals surface area contributed by atoms with E-state index in [1.165, 1.54) is 12.8 Å². The second-order valence-corrected chi connectivity index (χ2v) is 4.32. The fourth-order valence-electron chi connectivity index (χ4n) is 1.95. The van der Waals surface area contributed by atoms with Gasteiger partial charge in [-0.05, 0) is 37.1 Å². The first-order chi connectivity index (χ1) is 8.19. The Hall–Kier alpha value is -1.16. The predicted molar refractivity (Wildman–Crippen MR) is 62.2 cm³/mol. The quantitative estimate of drug-likeness (QED) is 0.758. The van der Waals surface area contributed by atoms with Crippen LogP contribution in [0.5, 0.6) is 5.75 Å². The van der Waals surface area contributed by atoms with Crippen molar-refractivity contribution in [3.05, 3.63) is 29.8 Å². The molecule has 0 amide bonds. The number of rotatable bonds is 6. The van der Waals surface area contributed by atoms with Crippen molar-refractivity contribution in [3.8, 4) is 5.75 Å². The summed E-state index contributed by atoms with van der Waals surface area (Å²) in [4.78, 5) is 2.41. The molecule has 0 atom stereocenters. The maximum atomic E-state index is 12.0. The molecule has 0 bridgehead atoms. The van der Waals surface area contributed by atoms with Crippen LogP contribution in [0.2, 0.25) is 0 Å². The van der Waals surface area contributed by atoms with E-state index in [0.29, 0.717) is 0 Å². The van der Waals surface area contributed by atoms with Gasteiger partial charge in [0.1, 0.15) is 5.75 Å². The summed E-state index contributed by atoms with van der Waals surface area (Å²) < 4.78 is 28.3. The van der Waals surface area contributed by atoms with Gasteiger partial charge in [0.2, 0.25) is 0 Å². The van der Waals surface area contributed by atoms with Crippen molar-refractivity contribution >= 4 is 0 Å². The van der Waals surface area contributed by atoms with E-state index in [0.717, 1.165) is 24.7 Å². The molecule has 0 N–H and O–H groups in total. The van der Waals surface area contributed by atoms with E-state index in [9.17, 15) is 8.78 Å². The van der Waals surface area contributed by atoms with Crippen LogP contribution in [0.4, 0.5) is 8.78 Å². The third-order valence-corrected chi connectivity index (χ3v) is 3.00. The van der Waals surface area contributed by atoms with Crippen LogP contribution in [0, 0.1) is 0 Å². The third-order valence-electron chi connectivity index (χ3n) is 3.00. The average Bonchev–Trinajstić information content (AvgIpc) is 3.11. The molecule has 94 valence electrons. The SMILES string of the molecule is CCN(Cc1ccc(OC(F)F)cc1)C1CC1. The summed E-state index contributed by atoms with van der Waals surface area (Å²) in [5.74, 6) is 0.221. The minimum absolute atomic E-state index is 0.221. The number of benzene rings is 1. The van der Waals surface area contributed by atoms with Gasteiger partial charge in [0.25, 0.3) is 0 Å². The Morgan fingerprint density at radius 3 is 2.41 bits per heavy atom. The van der Waals surface area contributed by atoms with Crippen molar-refractivity contribution in [1.29, 1.82) is 0 Å². The number of hydrogen-bond donors (Lipinski definition) is 0. The number of hydrogen-bond acceptors (Lipinski definition) is 2. The fraction of sp³-hybridized carbons (Fsp3) is 0.538. The molecule has 1 aromatic rings. The van der Waals surface area contributed by atoms with Gasteiger partial charge in [-0.15, -0.1) is 0 Å². The second-order valence-electron chi connectivity index (χ2n) is 4.32. The molecule has 1 saturated carbocycles. The van der Waals surface area contributed by atoms with E-state index in [2.05, 4.69) is 16.6 Å². The lowest BCUT2D eigenvalue weighted by atomic mass is 10.2. The Labute approximate surface area is 100 Å². The zero-order valence-electron chi connectivity index (χ0n) is 9.90. The van der Waals surface area contributed by atoms with E-state index < -0.39 is 6.61 Å². The lowest BCUT2D eigenvalue weighted by Crippen LogP contribution is -2.24. The highest BCUT2D eigenvalue weighted by Gasteiger charge is 2.27. The largest absolute Gasteiger partial charge is 0.435 e. The standard InChI is InChI=1S/C13H17F2NO/c1-2-16(11-5-6-11)9-10-3-7-12(8-4-10)17-13(14)15/h3-4,7-8,11,13H,2,5-6,9H2,1H3. The molecule has 0 aromatic heterocycles. The molecule has 0 radical (unpaired) electrons. The predicted octanol–water partition coefficient (Wildman–Crippen LogP) is 3.27. The number of halogens is 2. The fourth-order valence-corrected chi connectivity index (χ4v) is 1.95. The Bertz CT molecular complexity index is 349. The van der Waals surface area contributed by atoms with Crippen LogP contribution >= 0.6 is 0 Å². The first-order valence-electron chi connectivity index (χ1n) is 5.97. The number of ether oxygens (including phenoxy) is 1. The van der Waals surface area contributed by atoms with Crippen molar-refractivity contribution in [2.45, 2.75) is 39.0 Å². The van der Waals surface area contributed by atoms with Crippen LogP contribution in [0.15, 0.2) is 24.3 Å². The molecule has 1 aliphatic carbocycles. The van der Waals surface area contributed by atoms with Crippen molar-refractivity contribution in [2.24, 2.45) is 0 Å². The van der Waals surface area contributed by atoms with E-state index in [-0.39, 0.29) is 5.75 Å². The minimum atomic E-state index is -2.75. The molecular formula is C13H17F2NO. The summed E-state index contributed by atoms with van der Waals surface area (Å²) in [5.41, 5.74) is 1.14. The van der Waals surface area contributed by atoms with E-state index in [1.807, 2.05) is 12.1 Å². The topological polar surface area (TPSA) is 12.5 Å². The second kappa shape index (κ2) is 5.45. The Morgan fingerprint density at radius 1 is 1.29 bits per heavy atom. The molecule has 1 fully saturated rings. The van der Waals surface area contributed by atoms with Gasteiger partial charge in [0.15, 0.2) is 0 Å². The van der Waals surface area contributed by atoms with Crippen LogP contribution in [0.3, 0.4) is 0 Å². The molecule has 0 saturated heterocycles. The number of alkyl halides is 2. The average molecular weight is 241 g/mol. The lowest BCUT2D eigenvalue weighted by Gasteiger charge is -2.19. The molecular weight excluding hydrogens is 224 g/mol. The summed E-state index contributed by atoms with van der Waals surface area (Å²) in [5, 5.41) is 0. The van der Waals surface area contributed by atoms with Gasteiger partial charge in [-0.25, -0.2) is 0 Å². The monoisotopic (exact) mass is 241 g/mol. The normalized spacial score (nSPS) is 15.6. The van der Waals surface area contributed by atoms with Gasteiger partial charge < -0.3 is 4.74 Å². The highest BCUT2D eigenvalue weighted by Crippen LogP contribution is 2.28. The van der Waals surface area contributed by atoms with Crippen LogP contribution < -0.4 is 4.74 Å². The van der Waals surface area contributed by atoms with Gasteiger partial charge in [0, 0.05) is 12.6 Å². The van der Waals surface area contributed by atoms with Crippen LogP contribution in [-0.4, -0.2) is 24.1 Å². The van der Waals surface area contributed by atoms with Crippen molar-refractivity contribution in [2.75, 3.05) is 6.54 Å². The Kier molecular flexibility index (Phi) is 3.94. The van der Waals surface area contributed by atoms with E-state index >= 15 is 0 Å². The zero-order chi connectivity index (χ0) is 12.3. The molecule has 0 unspecified atom stereocenters. The van der Waals surface area contributed by atoms with Crippen LogP contribution in [0.25, 0.3) is 0 Å². The lowest BCUT2D eigenvalue weighted by molar-refractivity contribution is -0.0498. The van der Waals surface area contributed by atoms with Crippen LogP contribution in [-0.2, 0) is 6.54 Å².